The lowest BCUT2D eigenvalue weighted by Crippen LogP contribution is -2.39. The molecule has 0 unspecified atom stereocenters. The van der Waals surface area contributed by atoms with Crippen molar-refractivity contribution in [2.75, 3.05) is 12.8 Å². The normalized spacial score (nSPS) is 18.4. The van der Waals surface area contributed by atoms with Crippen LogP contribution in [0.5, 0.6) is 11.5 Å². The highest BCUT2D eigenvalue weighted by Crippen LogP contribution is 2.38. The lowest BCUT2D eigenvalue weighted by atomic mass is 9.88. The zero-order valence-corrected chi connectivity index (χ0v) is 12.3. The SMILES string of the molecule is CSC1(CNCc2cccc(O)c2O)CCCCC1. The quantitative estimate of drug-likeness (QED) is 0.725. The van der Waals surface area contributed by atoms with Crippen LogP contribution in [0.4, 0.5) is 0 Å². The van der Waals surface area contributed by atoms with E-state index in [0.717, 1.165) is 12.1 Å². The number of phenolic OH excluding ortho intramolecular Hbond substituents is 2. The molecule has 1 aromatic carbocycles. The second kappa shape index (κ2) is 6.53. The fourth-order valence-electron chi connectivity index (χ4n) is 2.79. The molecule has 0 amide bonds. The molecule has 1 aliphatic carbocycles. The maximum Gasteiger partial charge on any atom is 0.161 e. The van der Waals surface area contributed by atoms with Gasteiger partial charge in [-0.2, -0.15) is 11.8 Å². The molecule has 0 radical (unpaired) electrons. The van der Waals surface area contributed by atoms with Crippen molar-refractivity contribution < 1.29 is 10.2 Å². The minimum absolute atomic E-state index is 0.00292. The van der Waals surface area contributed by atoms with Crippen LogP contribution in [0.2, 0.25) is 0 Å². The van der Waals surface area contributed by atoms with Gasteiger partial charge in [0.25, 0.3) is 0 Å². The molecule has 0 aliphatic heterocycles. The van der Waals surface area contributed by atoms with Crippen LogP contribution in [0.15, 0.2) is 18.2 Å². The van der Waals surface area contributed by atoms with Gasteiger partial charge in [0.1, 0.15) is 0 Å². The number of rotatable bonds is 5. The lowest BCUT2D eigenvalue weighted by molar-refractivity contribution is 0.374. The second-order valence-electron chi connectivity index (χ2n) is 5.34. The van der Waals surface area contributed by atoms with Crippen LogP contribution in [-0.2, 0) is 6.54 Å². The number of nitrogens with one attached hydrogen (secondary N) is 1. The molecule has 0 saturated heterocycles. The molecule has 0 aromatic heterocycles. The van der Waals surface area contributed by atoms with Gasteiger partial charge >= 0.3 is 0 Å². The van der Waals surface area contributed by atoms with Crippen molar-refractivity contribution in [3.63, 3.8) is 0 Å². The Balaban J connectivity index is 1.90. The molecule has 19 heavy (non-hydrogen) atoms. The van der Waals surface area contributed by atoms with E-state index in [1.54, 1.807) is 6.07 Å². The summed E-state index contributed by atoms with van der Waals surface area (Å²) in [5.74, 6) is -0.0478. The summed E-state index contributed by atoms with van der Waals surface area (Å²) in [7, 11) is 0. The Hall–Kier alpha value is -0.870. The molecular formula is C15H23NO2S. The fraction of sp³-hybridized carbons (Fsp3) is 0.600. The predicted molar refractivity (Wildman–Crippen MR) is 80.8 cm³/mol. The summed E-state index contributed by atoms with van der Waals surface area (Å²) in [6.07, 6.45) is 8.73. The fourth-order valence-corrected chi connectivity index (χ4v) is 3.74. The molecule has 1 fully saturated rings. The minimum Gasteiger partial charge on any atom is -0.504 e. The Kier molecular flexibility index (Phi) is 4.99. The van der Waals surface area contributed by atoms with E-state index in [9.17, 15) is 10.2 Å². The van der Waals surface area contributed by atoms with Crippen LogP contribution in [-0.4, -0.2) is 27.8 Å². The van der Waals surface area contributed by atoms with Gasteiger partial charge in [-0.15, -0.1) is 0 Å². The molecule has 3 N–H and O–H groups in total. The molecule has 106 valence electrons. The maximum absolute atomic E-state index is 9.76. The van der Waals surface area contributed by atoms with E-state index in [4.69, 9.17) is 0 Å². The summed E-state index contributed by atoms with van der Waals surface area (Å²) in [6.45, 7) is 1.56. The first-order valence-corrected chi connectivity index (χ1v) is 8.15. The number of hydrogen-bond donors (Lipinski definition) is 3. The van der Waals surface area contributed by atoms with Crippen LogP contribution in [0.25, 0.3) is 0 Å². The smallest absolute Gasteiger partial charge is 0.161 e. The maximum atomic E-state index is 9.76. The number of hydrogen-bond acceptors (Lipinski definition) is 4. The van der Waals surface area contributed by atoms with Crippen molar-refractivity contribution in [3.05, 3.63) is 23.8 Å². The first-order valence-electron chi connectivity index (χ1n) is 6.92. The van der Waals surface area contributed by atoms with E-state index in [-0.39, 0.29) is 11.5 Å². The third kappa shape index (κ3) is 3.57. The van der Waals surface area contributed by atoms with Gasteiger partial charge in [0.05, 0.1) is 0 Å². The third-order valence-electron chi connectivity index (χ3n) is 4.06. The zero-order valence-electron chi connectivity index (χ0n) is 11.5. The Morgan fingerprint density at radius 3 is 2.63 bits per heavy atom. The van der Waals surface area contributed by atoms with Gasteiger partial charge in [0.2, 0.25) is 0 Å². The second-order valence-corrected chi connectivity index (χ2v) is 6.61. The van der Waals surface area contributed by atoms with E-state index >= 15 is 0 Å². The summed E-state index contributed by atoms with van der Waals surface area (Å²) in [5.41, 5.74) is 0.757. The number of phenols is 2. The molecule has 0 atom stereocenters. The van der Waals surface area contributed by atoms with Crippen LogP contribution in [0.3, 0.4) is 0 Å². The summed E-state index contributed by atoms with van der Waals surface area (Å²) in [4.78, 5) is 0. The van der Waals surface area contributed by atoms with Crippen molar-refractivity contribution in [2.45, 2.75) is 43.4 Å². The van der Waals surface area contributed by atoms with Crippen molar-refractivity contribution in [2.24, 2.45) is 0 Å². The first kappa shape index (κ1) is 14.5. The zero-order chi connectivity index (χ0) is 13.7. The molecule has 0 bridgehead atoms. The number of thioether (sulfide) groups is 1. The molecule has 4 heteroatoms. The van der Waals surface area contributed by atoms with E-state index < -0.39 is 0 Å². The number of aromatic hydroxyl groups is 2. The van der Waals surface area contributed by atoms with Crippen molar-refractivity contribution in [3.8, 4) is 11.5 Å². The average Bonchev–Trinajstić information content (AvgIpc) is 2.44. The van der Waals surface area contributed by atoms with Gasteiger partial charge in [-0.1, -0.05) is 31.4 Å². The summed E-state index contributed by atoms with van der Waals surface area (Å²) >= 11 is 1.96. The standard InChI is InChI=1S/C15H23NO2S/c1-19-15(8-3-2-4-9-15)11-16-10-12-6-5-7-13(17)14(12)18/h5-7,16-18H,2-4,8-11H2,1H3. The highest BCUT2D eigenvalue weighted by Gasteiger charge is 2.30. The molecule has 0 heterocycles. The summed E-state index contributed by atoms with van der Waals surface area (Å²) < 4.78 is 0.352. The predicted octanol–water partition coefficient (Wildman–Crippen LogP) is 3.25. The molecular weight excluding hydrogens is 258 g/mol. The summed E-state index contributed by atoms with van der Waals surface area (Å²) in [5, 5.41) is 22.7. The lowest BCUT2D eigenvalue weighted by Gasteiger charge is -2.36. The van der Waals surface area contributed by atoms with E-state index in [2.05, 4.69) is 11.6 Å². The minimum atomic E-state index is -0.0449. The monoisotopic (exact) mass is 281 g/mol. The van der Waals surface area contributed by atoms with E-state index in [1.165, 1.54) is 38.2 Å². The molecule has 0 spiro atoms. The molecule has 2 rings (SSSR count). The van der Waals surface area contributed by atoms with Crippen LogP contribution < -0.4 is 5.32 Å². The van der Waals surface area contributed by atoms with Gasteiger partial charge < -0.3 is 15.5 Å². The molecule has 1 aliphatic rings. The van der Waals surface area contributed by atoms with Crippen molar-refractivity contribution in [1.29, 1.82) is 0 Å². The molecule has 1 aromatic rings. The van der Waals surface area contributed by atoms with Crippen LogP contribution in [0.1, 0.15) is 37.7 Å². The topological polar surface area (TPSA) is 52.5 Å². The highest BCUT2D eigenvalue weighted by molar-refractivity contribution is 8.00. The largest absolute Gasteiger partial charge is 0.504 e. The Bertz CT molecular complexity index is 417. The van der Waals surface area contributed by atoms with Gasteiger partial charge in [0.15, 0.2) is 11.5 Å². The third-order valence-corrected chi connectivity index (χ3v) is 5.48. The highest BCUT2D eigenvalue weighted by atomic mass is 32.2. The van der Waals surface area contributed by atoms with Crippen LogP contribution >= 0.6 is 11.8 Å². The Morgan fingerprint density at radius 1 is 1.21 bits per heavy atom. The van der Waals surface area contributed by atoms with Gasteiger partial charge in [-0.3, -0.25) is 0 Å². The number of benzene rings is 1. The van der Waals surface area contributed by atoms with Gasteiger partial charge in [-0.05, 0) is 25.2 Å². The Morgan fingerprint density at radius 2 is 1.95 bits per heavy atom. The first-order chi connectivity index (χ1) is 9.17. The molecule has 3 nitrogen and oxygen atoms in total. The Labute approximate surface area is 119 Å². The van der Waals surface area contributed by atoms with Crippen molar-refractivity contribution in [1.82, 2.24) is 5.32 Å². The summed E-state index contributed by atoms with van der Waals surface area (Å²) in [6, 6.07) is 5.11. The van der Waals surface area contributed by atoms with E-state index in [0.29, 0.717) is 11.3 Å². The molecule has 1 saturated carbocycles. The van der Waals surface area contributed by atoms with E-state index in [1.807, 2.05) is 17.8 Å². The van der Waals surface area contributed by atoms with Gasteiger partial charge in [0, 0.05) is 23.4 Å². The van der Waals surface area contributed by atoms with Gasteiger partial charge in [-0.25, -0.2) is 0 Å². The van der Waals surface area contributed by atoms with Crippen LogP contribution in [0, 0.1) is 0 Å². The average molecular weight is 281 g/mol. The van der Waals surface area contributed by atoms with Crippen molar-refractivity contribution >= 4 is 11.8 Å². The number of para-hydroxylation sites is 1.